The van der Waals surface area contributed by atoms with Gasteiger partial charge in [0.05, 0.1) is 11.4 Å². The van der Waals surface area contributed by atoms with Crippen LogP contribution in [-0.2, 0) is 17.8 Å². The Labute approximate surface area is 170 Å². The predicted molar refractivity (Wildman–Crippen MR) is 105 cm³/mol. The number of alkyl halides is 2. The van der Waals surface area contributed by atoms with Gasteiger partial charge in [-0.05, 0) is 6.92 Å². The summed E-state index contributed by atoms with van der Waals surface area (Å²) in [7, 11) is 1.67. The predicted octanol–water partition coefficient (Wildman–Crippen LogP) is 3.27. The number of hydrogen-bond acceptors (Lipinski definition) is 7. The maximum Gasteiger partial charge on any atom is 0.303 e. The molecule has 3 rings (SSSR count). The lowest BCUT2D eigenvalue weighted by molar-refractivity contribution is -0.114. The number of nitrogens with one attached hydrogen (secondary N) is 2. The Bertz CT molecular complexity index is 1160. The summed E-state index contributed by atoms with van der Waals surface area (Å²) >= 11 is 0. The second-order valence-electron chi connectivity index (χ2n) is 6.70. The monoisotopic (exact) mass is 412 g/mol. The van der Waals surface area contributed by atoms with Crippen molar-refractivity contribution in [1.29, 1.82) is 5.26 Å². The van der Waals surface area contributed by atoms with Crippen LogP contribution in [0.5, 0.6) is 0 Å². The maximum atomic E-state index is 13.7. The summed E-state index contributed by atoms with van der Waals surface area (Å²) in [6.07, 6.45) is 3.09. The highest BCUT2D eigenvalue weighted by molar-refractivity contribution is 5.89. The molecule has 0 radical (unpaired) electrons. The van der Waals surface area contributed by atoms with Gasteiger partial charge in [0.2, 0.25) is 17.6 Å². The molecule has 3 heterocycles. The summed E-state index contributed by atoms with van der Waals surface area (Å²) in [6.45, 7) is 3.63. The van der Waals surface area contributed by atoms with Gasteiger partial charge in [-0.3, -0.25) is 4.79 Å². The van der Waals surface area contributed by atoms with Crippen LogP contribution < -0.4 is 10.6 Å². The largest absolute Gasteiger partial charge is 0.339 e. The summed E-state index contributed by atoms with van der Waals surface area (Å²) < 4.78 is 29.0. The van der Waals surface area contributed by atoms with E-state index in [9.17, 15) is 13.6 Å². The minimum Gasteiger partial charge on any atom is -0.339 e. The summed E-state index contributed by atoms with van der Waals surface area (Å²) in [5.41, 5.74) is 1.68. The Morgan fingerprint density at radius 3 is 2.57 bits per heavy atom. The van der Waals surface area contributed by atoms with Crippen molar-refractivity contribution in [3.63, 3.8) is 0 Å². The lowest BCUT2D eigenvalue weighted by Crippen LogP contribution is -2.14. The number of nitrogens with zero attached hydrogens (tertiary/aromatic N) is 6. The van der Waals surface area contributed by atoms with Crippen LogP contribution in [0.2, 0.25) is 0 Å². The summed E-state index contributed by atoms with van der Waals surface area (Å²) in [5, 5.41) is 14.7. The molecule has 3 aromatic rings. The zero-order chi connectivity index (χ0) is 22.1. The van der Waals surface area contributed by atoms with Crippen molar-refractivity contribution in [1.82, 2.24) is 24.5 Å². The van der Waals surface area contributed by atoms with Gasteiger partial charge in [-0.25, -0.2) is 19.9 Å². The molecule has 0 fully saturated rings. The van der Waals surface area contributed by atoms with E-state index >= 15 is 0 Å². The average Bonchev–Trinajstić information content (AvgIpc) is 3.01. The number of carbonyl (C=O) groups excluding carboxylic acids is 1. The molecule has 0 aromatic carbocycles. The Hall–Kier alpha value is -3.94. The highest BCUT2D eigenvalue weighted by Gasteiger charge is 2.29. The quantitative estimate of drug-likeness (QED) is 0.660. The number of carbonyl (C=O) groups is 1. The molecule has 0 unspecified atom stereocenters. The molecule has 0 saturated carbocycles. The van der Waals surface area contributed by atoms with Crippen LogP contribution in [0.1, 0.15) is 31.2 Å². The third kappa shape index (κ3) is 4.54. The molecule has 11 heteroatoms. The molecule has 1 amide bonds. The lowest BCUT2D eigenvalue weighted by atomic mass is 10.1. The summed E-state index contributed by atoms with van der Waals surface area (Å²) in [4.78, 5) is 27.5. The van der Waals surface area contributed by atoms with E-state index in [4.69, 9.17) is 5.26 Å². The van der Waals surface area contributed by atoms with Crippen LogP contribution in [0.15, 0.2) is 24.5 Å². The molecule has 3 aromatic heterocycles. The normalized spacial score (nSPS) is 11.1. The Morgan fingerprint density at radius 2 is 1.97 bits per heavy atom. The molecular weight excluding hydrogens is 394 g/mol. The van der Waals surface area contributed by atoms with Crippen LogP contribution >= 0.6 is 0 Å². The van der Waals surface area contributed by atoms with E-state index in [1.807, 2.05) is 6.07 Å². The van der Waals surface area contributed by atoms with Gasteiger partial charge in [0.15, 0.2) is 0 Å². The molecule has 0 spiro atoms. The summed E-state index contributed by atoms with van der Waals surface area (Å²) in [6, 6.07) is 5.01. The van der Waals surface area contributed by atoms with Crippen LogP contribution in [0.3, 0.4) is 0 Å². The molecule has 0 aliphatic rings. The van der Waals surface area contributed by atoms with Crippen molar-refractivity contribution in [3.05, 3.63) is 41.9 Å². The van der Waals surface area contributed by atoms with Crippen molar-refractivity contribution < 1.29 is 13.6 Å². The highest BCUT2D eigenvalue weighted by atomic mass is 19.3. The number of amides is 1. The molecule has 30 heavy (non-hydrogen) atoms. The van der Waals surface area contributed by atoms with Gasteiger partial charge in [0, 0.05) is 56.7 Å². The van der Waals surface area contributed by atoms with Crippen LogP contribution in [0.25, 0.3) is 11.3 Å². The van der Waals surface area contributed by atoms with E-state index in [2.05, 4.69) is 30.6 Å². The van der Waals surface area contributed by atoms with Crippen LogP contribution in [0.4, 0.5) is 26.1 Å². The SMILES string of the molecule is CC(=O)Nc1cc(Nc2cc(C)nc(C(C)(F)F)n2)c(-c2cn(C)c(C#N)n2)cn1. The number of imidazole rings is 1. The molecule has 9 nitrogen and oxygen atoms in total. The Balaban J connectivity index is 2.10. The molecule has 0 aliphatic heterocycles. The fourth-order valence-electron chi connectivity index (χ4n) is 2.68. The van der Waals surface area contributed by atoms with Crippen molar-refractivity contribution in [2.45, 2.75) is 26.7 Å². The number of nitriles is 1. The zero-order valence-corrected chi connectivity index (χ0v) is 16.7. The van der Waals surface area contributed by atoms with E-state index in [1.165, 1.54) is 25.3 Å². The Morgan fingerprint density at radius 1 is 1.23 bits per heavy atom. The van der Waals surface area contributed by atoms with Gasteiger partial charge in [0.25, 0.3) is 0 Å². The van der Waals surface area contributed by atoms with Crippen LogP contribution in [-0.4, -0.2) is 30.4 Å². The first-order valence-electron chi connectivity index (χ1n) is 8.79. The maximum absolute atomic E-state index is 13.7. The van der Waals surface area contributed by atoms with E-state index in [0.29, 0.717) is 22.6 Å². The third-order valence-corrected chi connectivity index (χ3v) is 3.97. The number of aromatic nitrogens is 5. The number of rotatable bonds is 5. The smallest absolute Gasteiger partial charge is 0.303 e. The van der Waals surface area contributed by atoms with Gasteiger partial charge >= 0.3 is 5.92 Å². The fourth-order valence-corrected chi connectivity index (χ4v) is 2.68. The molecule has 0 bridgehead atoms. The summed E-state index contributed by atoms with van der Waals surface area (Å²) in [5.74, 6) is -3.58. The number of pyridine rings is 1. The van der Waals surface area contributed by atoms with E-state index in [0.717, 1.165) is 6.92 Å². The van der Waals surface area contributed by atoms with E-state index < -0.39 is 11.7 Å². The van der Waals surface area contributed by atoms with Gasteiger partial charge in [0.1, 0.15) is 17.7 Å². The number of halogens is 2. The highest BCUT2D eigenvalue weighted by Crippen LogP contribution is 2.32. The number of aryl methyl sites for hydroxylation is 2. The average molecular weight is 412 g/mol. The minimum atomic E-state index is -3.21. The molecule has 0 aliphatic carbocycles. The van der Waals surface area contributed by atoms with Gasteiger partial charge < -0.3 is 15.2 Å². The lowest BCUT2D eigenvalue weighted by Gasteiger charge is -2.15. The van der Waals surface area contributed by atoms with Crippen molar-refractivity contribution in [2.75, 3.05) is 10.6 Å². The Kier molecular flexibility index (Phi) is 5.42. The van der Waals surface area contributed by atoms with Gasteiger partial charge in [-0.15, -0.1) is 0 Å². The minimum absolute atomic E-state index is 0.136. The molecule has 154 valence electrons. The first kappa shape index (κ1) is 20.8. The topological polar surface area (TPSA) is 121 Å². The van der Waals surface area contributed by atoms with Gasteiger partial charge in [-0.1, -0.05) is 0 Å². The third-order valence-electron chi connectivity index (χ3n) is 3.97. The van der Waals surface area contributed by atoms with Crippen molar-refractivity contribution >= 4 is 23.2 Å². The molecule has 0 saturated heterocycles. The van der Waals surface area contributed by atoms with Gasteiger partial charge in [-0.2, -0.15) is 14.0 Å². The second kappa shape index (κ2) is 7.82. The first-order valence-corrected chi connectivity index (χ1v) is 8.79. The standard InChI is InChI=1S/C19H18F2N8O/c1-10-5-16(28-18(24-10)19(3,20)21)26-13-6-15(25-11(2)30)23-8-12(13)14-9-29(4)17(7-22)27-14/h5-6,8-9H,1-4H3,(H2,23,24,25,26,28,30). The zero-order valence-electron chi connectivity index (χ0n) is 16.7. The fraction of sp³-hybridized carbons (Fsp3) is 0.263. The van der Waals surface area contributed by atoms with E-state index in [1.54, 1.807) is 24.7 Å². The van der Waals surface area contributed by atoms with Crippen LogP contribution in [0, 0.1) is 18.3 Å². The van der Waals surface area contributed by atoms with Crippen molar-refractivity contribution in [3.8, 4) is 17.3 Å². The molecule has 2 N–H and O–H groups in total. The number of anilines is 3. The van der Waals surface area contributed by atoms with Crippen molar-refractivity contribution in [2.24, 2.45) is 7.05 Å². The molecule has 0 atom stereocenters. The van der Waals surface area contributed by atoms with E-state index in [-0.39, 0.29) is 23.4 Å². The first-order chi connectivity index (χ1) is 14.1. The second-order valence-corrected chi connectivity index (χ2v) is 6.70. The molecular formula is C19H18F2N8O. The number of hydrogen-bond donors (Lipinski definition) is 2.